The van der Waals surface area contributed by atoms with Gasteiger partial charge in [-0.15, -0.1) is 10.2 Å². The highest BCUT2D eigenvalue weighted by Crippen LogP contribution is 2.19. The summed E-state index contributed by atoms with van der Waals surface area (Å²) in [7, 11) is 0. The molecule has 0 unspecified atom stereocenters. The molecule has 2 heterocycles. The standard InChI is InChI=1S/C17H22FN5O/c1-11-7-8-14(13(18)10-11)20-17(24)19-12(2)16-22-21-15-6-4-3-5-9-23(15)16/h7-8,10,12H,3-6,9H2,1-2H3,(H2,19,20,24)/t12-/m0/s1. The fourth-order valence-electron chi connectivity index (χ4n) is 2.97. The molecular formula is C17H22FN5O. The van der Waals surface area contributed by atoms with Crippen LogP contribution < -0.4 is 10.6 Å². The van der Waals surface area contributed by atoms with Crippen molar-refractivity contribution in [2.24, 2.45) is 0 Å². The Morgan fingerprint density at radius 2 is 2.12 bits per heavy atom. The van der Waals surface area contributed by atoms with Gasteiger partial charge in [-0.3, -0.25) is 0 Å². The van der Waals surface area contributed by atoms with E-state index in [9.17, 15) is 9.18 Å². The van der Waals surface area contributed by atoms with Crippen molar-refractivity contribution in [3.63, 3.8) is 0 Å². The molecule has 0 fully saturated rings. The van der Waals surface area contributed by atoms with Crippen LogP contribution in [-0.2, 0) is 13.0 Å². The highest BCUT2D eigenvalue weighted by Gasteiger charge is 2.20. The molecule has 1 atom stereocenters. The lowest BCUT2D eigenvalue weighted by Crippen LogP contribution is -2.33. The lowest BCUT2D eigenvalue weighted by molar-refractivity contribution is 0.248. The average molecular weight is 331 g/mol. The Morgan fingerprint density at radius 1 is 1.29 bits per heavy atom. The summed E-state index contributed by atoms with van der Waals surface area (Å²) in [6.07, 6.45) is 4.30. The quantitative estimate of drug-likeness (QED) is 0.906. The van der Waals surface area contributed by atoms with E-state index in [1.165, 1.54) is 12.5 Å². The third-order valence-corrected chi connectivity index (χ3v) is 4.25. The number of amides is 2. The van der Waals surface area contributed by atoms with E-state index in [-0.39, 0.29) is 11.7 Å². The number of benzene rings is 1. The van der Waals surface area contributed by atoms with E-state index in [0.29, 0.717) is 0 Å². The Labute approximate surface area is 140 Å². The number of urea groups is 1. The van der Waals surface area contributed by atoms with Gasteiger partial charge in [-0.05, 0) is 44.4 Å². The predicted molar refractivity (Wildman–Crippen MR) is 89.3 cm³/mol. The van der Waals surface area contributed by atoms with Gasteiger partial charge in [0.1, 0.15) is 11.6 Å². The fourth-order valence-corrected chi connectivity index (χ4v) is 2.97. The first-order valence-electron chi connectivity index (χ1n) is 8.30. The summed E-state index contributed by atoms with van der Waals surface area (Å²) >= 11 is 0. The van der Waals surface area contributed by atoms with E-state index < -0.39 is 11.8 Å². The van der Waals surface area contributed by atoms with Crippen molar-refractivity contribution in [1.82, 2.24) is 20.1 Å². The molecule has 24 heavy (non-hydrogen) atoms. The minimum Gasteiger partial charge on any atom is -0.328 e. The first kappa shape index (κ1) is 16.4. The zero-order valence-electron chi connectivity index (χ0n) is 14.0. The van der Waals surface area contributed by atoms with Gasteiger partial charge in [0.25, 0.3) is 0 Å². The zero-order chi connectivity index (χ0) is 17.1. The monoisotopic (exact) mass is 331 g/mol. The molecule has 0 aliphatic carbocycles. The normalized spacial score (nSPS) is 15.3. The summed E-state index contributed by atoms with van der Waals surface area (Å²) in [5.74, 6) is 1.27. The second-order valence-electron chi connectivity index (χ2n) is 6.24. The Morgan fingerprint density at radius 3 is 2.92 bits per heavy atom. The van der Waals surface area contributed by atoms with Gasteiger partial charge in [0.05, 0.1) is 11.7 Å². The van der Waals surface area contributed by atoms with E-state index in [4.69, 9.17) is 0 Å². The lowest BCUT2D eigenvalue weighted by atomic mass is 10.2. The van der Waals surface area contributed by atoms with Crippen LogP contribution in [0.2, 0.25) is 0 Å². The van der Waals surface area contributed by atoms with E-state index in [0.717, 1.165) is 43.0 Å². The number of aryl methyl sites for hydroxylation is 2. The maximum atomic E-state index is 13.8. The molecule has 0 radical (unpaired) electrons. The molecule has 1 aromatic heterocycles. The number of halogens is 1. The molecule has 0 bridgehead atoms. The maximum absolute atomic E-state index is 13.8. The van der Waals surface area contributed by atoms with Crippen LogP contribution in [0.4, 0.5) is 14.9 Å². The largest absolute Gasteiger partial charge is 0.328 e. The van der Waals surface area contributed by atoms with Crippen LogP contribution in [0.1, 0.15) is 49.4 Å². The van der Waals surface area contributed by atoms with Crippen LogP contribution in [0.15, 0.2) is 18.2 Å². The molecule has 2 N–H and O–H groups in total. The molecule has 3 rings (SSSR count). The van der Waals surface area contributed by atoms with Crippen molar-refractivity contribution in [3.8, 4) is 0 Å². The summed E-state index contributed by atoms with van der Waals surface area (Å²) in [5.41, 5.74) is 0.961. The van der Waals surface area contributed by atoms with E-state index in [1.54, 1.807) is 19.1 Å². The summed E-state index contributed by atoms with van der Waals surface area (Å²) in [6.45, 7) is 4.52. The molecule has 0 saturated heterocycles. The van der Waals surface area contributed by atoms with Crippen LogP contribution in [0.3, 0.4) is 0 Å². The lowest BCUT2D eigenvalue weighted by Gasteiger charge is -2.16. The van der Waals surface area contributed by atoms with Gasteiger partial charge in [-0.1, -0.05) is 12.5 Å². The first-order chi connectivity index (χ1) is 11.5. The first-order valence-corrected chi connectivity index (χ1v) is 8.30. The molecule has 0 saturated carbocycles. The highest BCUT2D eigenvalue weighted by atomic mass is 19.1. The van der Waals surface area contributed by atoms with Crippen LogP contribution in [-0.4, -0.2) is 20.8 Å². The van der Waals surface area contributed by atoms with Crippen molar-refractivity contribution in [1.29, 1.82) is 0 Å². The number of nitrogens with zero attached hydrogens (tertiary/aromatic N) is 3. The van der Waals surface area contributed by atoms with Gasteiger partial charge < -0.3 is 15.2 Å². The van der Waals surface area contributed by atoms with Crippen LogP contribution in [0, 0.1) is 12.7 Å². The number of hydrogen-bond acceptors (Lipinski definition) is 3. The van der Waals surface area contributed by atoms with Crippen molar-refractivity contribution in [3.05, 3.63) is 41.2 Å². The van der Waals surface area contributed by atoms with Gasteiger partial charge in [0.15, 0.2) is 5.82 Å². The number of aromatic nitrogens is 3. The molecule has 7 heteroatoms. The Hall–Kier alpha value is -2.44. The van der Waals surface area contributed by atoms with Crippen LogP contribution >= 0.6 is 0 Å². The van der Waals surface area contributed by atoms with Gasteiger partial charge >= 0.3 is 6.03 Å². The van der Waals surface area contributed by atoms with E-state index in [1.807, 2.05) is 6.92 Å². The molecule has 2 amide bonds. The molecule has 1 aliphatic heterocycles. The number of carbonyl (C=O) groups is 1. The number of fused-ring (bicyclic) bond motifs is 1. The maximum Gasteiger partial charge on any atom is 0.319 e. The minimum atomic E-state index is -0.462. The molecule has 6 nitrogen and oxygen atoms in total. The smallest absolute Gasteiger partial charge is 0.319 e. The number of anilines is 1. The number of carbonyl (C=O) groups excluding carboxylic acids is 1. The van der Waals surface area contributed by atoms with Crippen molar-refractivity contribution in [2.75, 3.05) is 5.32 Å². The van der Waals surface area contributed by atoms with Gasteiger partial charge in [-0.25, -0.2) is 9.18 Å². The highest BCUT2D eigenvalue weighted by molar-refractivity contribution is 5.89. The summed E-state index contributed by atoms with van der Waals surface area (Å²) in [5, 5.41) is 13.8. The zero-order valence-corrected chi connectivity index (χ0v) is 14.0. The molecule has 0 spiro atoms. The second-order valence-corrected chi connectivity index (χ2v) is 6.24. The summed E-state index contributed by atoms with van der Waals surface area (Å²) in [6, 6.07) is 3.92. The second kappa shape index (κ2) is 6.98. The molecular weight excluding hydrogens is 309 g/mol. The summed E-state index contributed by atoms with van der Waals surface area (Å²) < 4.78 is 15.9. The van der Waals surface area contributed by atoms with Gasteiger partial charge in [-0.2, -0.15) is 0 Å². The number of hydrogen-bond donors (Lipinski definition) is 2. The van der Waals surface area contributed by atoms with Crippen LogP contribution in [0.5, 0.6) is 0 Å². The van der Waals surface area contributed by atoms with Crippen molar-refractivity contribution < 1.29 is 9.18 Å². The van der Waals surface area contributed by atoms with E-state index >= 15 is 0 Å². The number of nitrogens with one attached hydrogen (secondary N) is 2. The Bertz CT molecular complexity index is 743. The third kappa shape index (κ3) is 3.55. The third-order valence-electron chi connectivity index (χ3n) is 4.25. The molecule has 128 valence electrons. The molecule has 2 aromatic rings. The fraction of sp³-hybridized carbons (Fsp3) is 0.471. The topological polar surface area (TPSA) is 71.8 Å². The van der Waals surface area contributed by atoms with Crippen LogP contribution in [0.25, 0.3) is 0 Å². The van der Waals surface area contributed by atoms with Gasteiger partial charge in [0, 0.05) is 13.0 Å². The average Bonchev–Trinajstić information content (AvgIpc) is 2.79. The SMILES string of the molecule is Cc1ccc(NC(=O)N[C@@H](C)c2nnc3n2CCCCC3)c(F)c1. The minimum absolute atomic E-state index is 0.158. The van der Waals surface area contributed by atoms with Gasteiger partial charge in [0.2, 0.25) is 0 Å². The molecule has 1 aliphatic rings. The summed E-state index contributed by atoms with van der Waals surface area (Å²) in [4.78, 5) is 12.1. The number of rotatable bonds is 3. The van der Waals surface area contributed by atoms with Crippen molar-refractivity contribution in [2.45, 2.75) is 52.1 Å². The van der Waals surface area contributed by atoms with Crippen molar-refractivity contribution >= 4 is 11.7 Å². The Balaban J connectivity index is 1.67. The van der Waals surface area contributed by atoms with E-state index in [2.05, 4.69) is 25.4 Å². The Kier molecular flexibility index (Phi) is 4.78. The molecule has 1 aromatic carbocycles. The predicted octanol–water partition coefficient (Wildman–Crippen LogP) is 3.33.